The molecule has 0 unspecified atom stereocenters. The molecule has 1 fully saturated rings. The third-order valence-corrected chi connectivity index (χ3v) is 4.44. The van der Waals surface area contributed by atoms with E-state index in [4.69, 9.17) is 0 Å². The van der Waals surface area contributed by atoms with Crippen molar-refractivity contribution in [1.29, 1.82) is 0 Å². The summed E-state index contributed by atoms with van der Waals surface area (Å²) in [5, 5.41) is 7.94. The van der Waals surface area contributed by atoms with Gasteiger partial charge < -0.3 is 10.6 Å². The first kappa shape index (κ1) is 20.4. The highest BCUT2D eigenvalue weighted by molar-refractivity contribution is 5.96. The number of carbonyl (C=O) groups excluding carboxylic acids is 3. The van der Waals surface area contributed by atoms with Crippen molar-refractivity contribution in [2.45, 2.75) is 65.5 Å². The number of hydrogen-bond acceptors (Lipinski definition) is 4. The topological polar surface area (TPSA) is 90.5 Å². The summed E-state index contributed by atoms with van der Waals surface area (Å²) in [7, 11) is 0. The van der Waals surface area contributed by atoms with E-state index in [1.807, 2.05) is 11.8 Å². The standard InChI is InChI=1S/C17H32N4O3/c1-5-8-12(3)19-16(23)14-9-7-10-21(11-14)13(4)15(22)20-17(24)18-6-2/h12-14H,5-11H2,1-4H3,(H,19,23)(H2,18,20,22,24)/t12-,13-,14+/m0/s1. The smallest absolute Gasteiger partial charge is 0.321 e. The van der Waals surface area contributed by atoms with Crippen LogP contribution in [0.3, 0.4) is 0 Å². The highest BCUT2D eigenvalue weighted by Gasteiger charge is 2.31. The summed E-state index contributed by atoms with van der Waals surface area (Å²) < 4.78 is 0. The highest BCUT2D eigenvalue weighted by Crippen LogP contribution is 2.19. The third kappa shape index (κ3) is 6.47. The summed E-state index contributed by atoms with van der Waals surface area (Å²) in [6.07, 6.45) is 3.72. The van der Waals surface area contributed by atoms with Crippen LogP contribution in [0.25, 0.3) is 0 Å². The second-order valence-electron chi connectivity index (χ2n) is 6.56. The fraction of sp³-hybridized carbons (Fsp3) is 0.824. The summed E-state index contributed by atoms with van der Waals surface area (Å²) in [4.78, 5) is 38.0. The monoisotopic (exact) mass is 340 g/mol. The van der Waals surface area contributed by atoms with Crippen LogP contribution in [0.5, 0.6) is 0 Å². The van der Waals surface area contributed by atoms with Crippen LogP contribution in [0.15, 0.2) is 0 Å². The molecule has 0 saturated carbocycles. The van der Waals surface area contributed by atoms with Crippen molar-refractivity contribution in [1.82, 2.24) is 20.9 Å². The molecule has 1 heterocycles. The van der Waals surface area contributed by atoms with Gasteiger partial charge in [0.1, 0.15) is 0 Å². The Morgan fingerprint density at radius 2 is 1.92 bits per heavy atom. The van der Waals surface area contributed by atoms with Crippen LogP contribution in [-0.2, 0) is 9.59 Å². The van der Waals surface area contributed by atoms with Gasteiger partial charge in [0.25, 0.3) is 0 Å². The number of nitrogens with zero attached hydrogens (tertiary/aromatic N) is 1. The molecule has 0 aromatic carbocycles. The molecule has 1 aliphatic heterocycles. The van der Waals surface area contributed by atoms with Crippen molar-refractivity contribution in [3.05, 3.63) is 0 Å². The lowest BCUT2D eigenvalue weighted by Gasteiger charge is -2.35. The van der Waals surface area contributed by atoms with E-state index >= 15 is 0 Å². The third-order valence-electron chi connectivity index (χ3n) is 4.44. The molecule has 0 radical (unpaired) electrons. The van der Waals surface area contributed by atoms with Crippen molar-refractivity contribution in [2.75, 3.05) is 19.6 Å². The van der Waals surface area contributed by atoms with E-state index < -0.39 is 12.1 Å². The zero-order valence-corrected chi connectivity index (χ0v) is 15.4. The number of piperidine rings is 1. The number of nitrogens with one attached hydrogen (secondary N) is 3. The van der Waals surface area contributed by atoms with Crippen molar-refractivity contribution >= 4 is 17.8 Å². The maximum Gasteiger partial charge on any atom is 0.321 e. The quantitative estimate of drug-likeness (QED) is 0.650. The lowest BCUT2D eigenvalue weighted by Crippen LogP contribution is -2.53. The second-order valence-corrected chi connectivity index (χ2v) is 6.56. The Bertz CT molecular complexity index is 442. The Balaban J connectivity index is 2.53. The summed E-state index contributed by atoms with van der Waals surface area (Å²) in [5.74, 6) is -0.365. The molecule has 3 N–H and O–H groups in total. The molecule has 0 aromatic rings. The molecule has 24 heavy (non-hydrogen) atoms. The molecular formula is C17H32N4O3. The fourth-order valence-electron chi connectivity index (χ4n) is 3.02. The van der Waals surface area contributed by atoms with Gasteiger partial charge >= 0.3 is 6.03 Å². The largest absolute Gasteiger partial charge is 0.353 e. The Morgan fingerprint density at radius 1 is 1.21 bits per heavy atom. The van der Waals surface area contributed by atoms with E-state index in [1.165, 1.54) is 0 Å². The number of hydrogen-bond donors (Lipinski definition) is 3. The average molecular weight is 340 g/mol. The number of likely N-dealkylation sites (tertiary alicyclic amines) is 1. The van der Waals surface area contributed by atoms with E-state index in [1.54, 1.807) is 13.8 Å². The lowest BCUT2D eigenvalue weighted by molar-refractivity contribution is -0.131. The normalized spacial score (nSPS) is 20.8. The van der Waals surface area contributed by atoms with Crippen LogP contribution in [0.2, 0.25) is 0 Å². The van der Waals surface area contributed by atoms with Crippen molar-refractivity contribution in [3.63, 3.8) is 0 Å². The molecule has 0 aliphatic carbocycles. The summed E-state index contributed by atoms with van der Waals surface area (Å²) in [6.45, 7) is 9.46. The Kier molecular flexibility index (Phi) is 8.74. The van der Waals surface area contributed by atoms with E-state index in [0.29, 0.717) is 13.1 Å². The van der Waals surface area contributed by atoms with Gasteiger partial charge in [0.15, 0.2) is 0 Å². The molecule has 7 heteroatoms. The Labute approximate surface area is 144 Å². The average Bonchev–Trinajstić information content (AvgIpc) is 2.54. The van der Waals surface area contributed by atoms with Crippen LogP contribution in [-0.4, -0.2) is 54.5 Å². The van der Waals surface area contributed by atoms with Crippen molar-refractivity contribution in [2.24, 2.45) is 5.92 Å². The summed E-state index contributed by atoms with van der Waals surface area (Å²) in [5.41, 5.74) is 0. The van der Waals surface area contributed by atoms with Gasteiger partial charge in [0.05, 0.1) is 12.0 Å². The predicted octanol–water partition coefficient (Wildman–Crippen LogP) is 1.24. The van der Waals surface area contributed by atoms with Crippen LogP contribution in [0, 0.1) is 5.92 Å². The van der Waals surface area contributed by atoms with Crippen LogP contribution < -0.4 is 16.0 Å². The molecule has 1 aliphatic rings. The van der Waals surface area contributed by atoms with Gasteiger partial charge in [0.2, 0.25) is 11.8 Å². The van der Waals surface area contributed by atoms with Crippen LogP contribution >= 0.6 is 0 Å². The first-order valence-electron chi connectivity index (χ1n) is 9.02. The first-order chi connectivity index (χ1) is 11.4. The number of rotatable bonds is 7. The maximum absolute atomic E-state index is 12.4. The van der Waals surface area contributed by atoms with E-state index in [0.717, 1.165) is 32.2 Å². The first-order valence-corrected chi connectivity index (χ1v) is 9.02. The van der Waals surface area contributed by atoms with Gasteiger partial charge in [0, 0.05) is 19.1 Å². The Hall–Kier alpha value is -1.63. The van der Waals surface area contributed by atoms with Gasteiger partial charge in [-0.15, -0.1) is 0 Å². The van der Waals surface area contributed by atoms with Gasteiger partial charge in [-0.25, -0.2) is 4.79 Å². The van der Waals surface area contributed by atoms with E-state index in [2.05, 4.69) is 22.9 Å². The number of imide groups is 1. The molecule has 138 valence electrons. The molecule has 0 bridgehead atoms. The molecule has 1 rings (SSSR count). The Morgan fingerprint density at radius 3 is 2.54 bits per heavy atom. The zero-order valence-electron chi connectivity index (χ0n) is 15.4. The van der Waals surface area contributed by atoms with Gasteiger partial charge in [-0.1, -0.05) is 13.3 Å². The molecule has 7 nitrogen and oxygen atoms in total. The van der Waals surface area contributed by atoms with Crippen LogP contribution in [0.1, 0.15) is 53.4 Å². The molecule has 3 atom stereocenters. The van der Waals surface area contributed by atoms with E-state index in [9.17, 15) is 14.4 Å². The zero-order chi connectivity index (χ0) is 18.1. The minimum absolute atomic E-state index is 0.0667. The second kappa shape index (κ2) is 10.3. The highest BCUT2D eigenvalue weighted by atomic mass is 16.2. The maximum atomic E-state index is 12.4. The summed E-state index contributed by atoms with van der Waals surface area (Å²) in [6, 6.07) is -0.735. The van der Waals surface area contributed by atoms with Gasteiger partial charge in [-0.05, 0) is 46.6 Å². The van der Waals surface area contributed by atoms with Gasteiger partial charge in [-0.3, -0.25) is 19.8 Å². The fourth-order valence-corrected chi connectivity index (χ4v) is 3.02. The number of carbonyl (C=O) groups is 3. The number of amides is 4. The molecule has 0 aromatic heterocycles. The molecule has 4 amide bonds. The summed E-state index contributed by atoms with van der Waals surface area (Å²) >= 11 is 0. The lowest BCUT2D eigenvalue weighted by atomic mass is 9.95. The minimum atomic E-state index is -0.478. The van der Waals surface area contributed by atoms with E-state index in [-0.39, 0.29) is 23.8 Å². The number of urea groups is 1. The van der Waals surface area contributed by atoms with Crippen LogP contribution in [0.4, 0.5) is 4.79 Å². The molecule has 0 spiro atoms. The predicted molar refractivity (Wildman–Crippen MR) is 93.5 cm³/mol. The molecule has 1 saturated heterocycles. The van der Waals surface area contributed by atoms with Gasteiger partial charge in [-0.2, -0.15) is 0 Å². The minimum Gasteiger partial charge on any atom is -0.353 e. The molecular weight excluding hydrogens is 308 g/mol. The SMILES string of the molecule is CCC[C@H](C)NC(=O)[C@@H]1CCCN([C@@H](C)C(=O)NC(=O)NCC)C1. The van der Waals surface area contributed by atoms with Crippen molar-refractivity contribution < 1.29 is 14.4 Å². The van der Waals surface area contributed by atoms with Crippen molar-refractivity contribution in [3.8, 4) is 0 Å².